The zero-order valence-electron chi connectivity index (χ0n) is 7.13. The lowest BCUT2D eigenvalue weighted by atomic mass is 10.1. The lowest BCUT2D eigenvalue weighted by Crippen LogP contribution is -2.03. The lowest BCUT2D eigenvalue weighted by molar-refractivity contribution is -0.118. The fourth-order valence-electron chi connectivity index (χ4n) is 1.66. The van der Waals surface area contributed by atoms with E-state index in [2.05, 4.69) is 4.98 Å². The monoisotopic (exact) mass is 179 g/mol. The maximum atomic E-state index is 11.2. The van der Waals surface area contributed by atoms with Crippen molar-refractivity contribution in [3.63, 3.8) is 0 Å². The zero-order valence-corrected chi connectivity index (χ0v) is 7.13. The third-order valence-corrected chi connectivity index (χ3v) is 2.46. The summed E-state index contributed by atoms with van der Waals surface area (Å²) in [5.74, 6) is -0.980. The summed E-state index contributed by atoms with van der Waals surface area (Å²) in [6.07, 6.45) is 0.337. The van der Waals surface area contributed by atoms with E-state index in [1.165, 1.54) is 0 Å². The molecule has 2 N–H and O–H groups in total. The molecule has 1 aliphatic carbocycles. The Labute approximate surface area is 74.6 Å². The summed E-state index contributed by atoms with van der Waals surface area (Å²) < 4.78 is 0. The third-order valence-electron chi connectivity index (χ3n) is 2.46. The molecule has 0 aliphatic heterocycles. The SMILES string of the molecule is CC1C(=O)Cc2[nH]c(C(=O)O)cc21. The molecule has 0 aromatic carbocycles. The fraction of sp³-hybridized carbons (Fsp3) is 0.333. The Morgan fingerprint density at radius 2 is 2.38 bits per heavy atom. The van der Waals surface area contributed by atoms with Gasteiger partial charge in [0.15, 0.2) is 0 Å². The second kappa shape index (κ2) is 2.45. The molecule has 4 heteroatoms. The van der Waals surface area contributed by atoms with Gasteiger partial charge in [-0.15, -0.1) is 0 Å². The van der Waals surface area contributed by atoms with Gasteiger partial charge in [-0.2, -0.15) is 0 Å². The minimum atomic E-state index is -0.978. The molecule has 2 rings (SSSR count). The summed E-state index contributed by atoms with van der Waals surface area (Å²) in [4.78, 5) is 24.5. The summed E-state index contributed by atoms with van der Waals surface area (Å²) in [5.41, 5.74) is 1.77. The highest BCUT2D eigenvalue weighted by atomic mass is 16.4. The molecular weight excluding hydrogens is 170 g/mol. The van der Waals surface area contributed by atoms with E-state index >= 15 is 0 Å². The van der Waals surface area contributed by atoms with Gasteiger partial charge in [0, 0.05) is 18.0 Å². The normalized spacial score (nSPS) is 20.4. The van der Waals surface area contributed by atoms with Crippen LogP contribution in [0, 0.1) is 0 Å². The van der Waals surface area contributed by atoms with Crippen molar-refractivity contribution in [2.24, 2.45) is 0 Å². The number of rotatable bonds is 1. The molecule has 0 bridgehead atoms. The molecule has 0 radical (unpaired) electrons. The van der Waals surface area contributed by atoms with Crippen molar-refractivity contribution in [3.8, 4) is 0 Å². The largest absolute Gasteiger partial charge is 0.477 e. The molecule has 1 atom stereocenters. The number of aromatic carboxylic acids is 1. The van der Waals surface area contributed by atoms with Gasteiger partial charge in [0.2, 0.25) is 0 Å². The number of hydrogen-bond donors (Lipinski definition) is 2. The van der Waals surface area contributed by atoms with E-state index in [0.29, 0.717) is 6.42 Å². The second-order valence-electron chi connectivity index (χ2n) is 3.29. The van der Waals surface area contributed by atoms with Gasteiger partial charge in [0.1, 0.15) is 11.5 Å². The number of carboxylic acid groups (broad SMARTS) is 1. The van der Waals surface area contributed by atoms with Crippen LogP contribution in [0.25, 0.3) is 0 Å². The van der Waals surface area contributed by atoms with Crippen molar-refractivity contribution in [2.45, 2.75) is 19.3 Å². The first-order valence-electron chi connectivity index (χ1n) is 4.07. The van der Waals surface area contributed by atoms with E-state index in [1.54, 1.807) is 13.0 Å². The van der Waals surface area contributed by atoms with Crippen LogP contribution in [0.5, 0.6) is 0 Å². The molecule has 0 spiro atoms. The number of Topliss-reactive ketones (excluding diaryl/α,β-unsaturated/α-hetero) is 1. The number of aromatic nitrogens is 1. The molecule has 68 valence electrons. The predicted octanol–water partition coefficient (Wildman–Crippen LogP) is 0.942. The molecule has 1 heterocycles. The minimum Gasteiger partial charge on any atom is -0.477 e. The average Bonchev–Trinajstić information content (AvgIpc) is 2.55. The van der Waals surface area contributed by atoms with Gasteiger partial charge in [0.05, 0.1) is 0 Å². The third kappa shape index (κ3) is 1.06. The molecule has 1 unspecified atom stereocenters. The van der Waals surface area contributed by atoms with E-state index in [-0.39, 0.29) is 17.4 Å². The Morgan fingerprint density at radius 1 is 1.69 bits per heavy atom. The number of carboxylic acids is 1. The van der Waals surface area contributed by atoms with Crippen LogP contribution >= 0.6 is 0 Å². The highest BCUT2D eigenvalue weighted by molar-refractivity contribution is 5.94. The highest BCUT2D eigenvalue weighted by Gasteiger charge is 2.29. The zero-order chi connectivity index (χ0) is 9.59. The van der Waals surface area contributed by atoms with E-state index in [0.717, 1.165) is 11.3 Å². The number of ketones is 1. The number of fused-ring (bicyclic) bond motifs is 1. The van der Waals surface area contributed by atoms with Crippen LogP contribution in [0.15, 0.2) is 6.07 Å². The quantitative estimate of drug-likeness (QED) is 0.674. The molecule has 0 amide bonds. The van der Waals surface area contributed by atoms with Crippen molar-refractivity contribution in [1.82, 2.24) is 4.98 Å². The Bertz CT molecular complexity index is 392. The van der Waals surface area contributed by atoms with Crippen LogP contribution in [-0.4, -0.2) is 21.8 Å². The Kier molecular flexibility index (Phi) is 1.52. The molecule has 13 heavy (non-hydrogen) atoms. The van der Waals surface area contributed by atoms with Gasteiger partial charge in [-0.1, -0.05) is 6.92 Å². The highest BCUT2D eigenvalue weighted by Crippen LogP contribution is 2.30. The standard InChI is InChI=1S/C9H9NO3/c1-4-5-2-7(9(12)13)10-6(5)3-8(4)11/h2,4,10H,3H2,1H3,(H,12,13). The van der Waals surface area contributed by atoms with Gasteiger partial charge in [-0.25, -0.2) is 4.79 Å². The molecule has 0 saturated heterocycles. The van der Waals surface area contributed by atoms with Gasteiger partial charge >= 0.3 is 5.97 Å². The van der Waals surface area contributed by atoms with Crippen LogP contribution < -0.4 is 0 Å². The van der Waals surface area contributed by atoms with Gasteiger partial charge in [0.25, 0.3) is 0 Å². The van der Waals surface area contributed by atoms with Crippen LogP contribution in [0.4, 0.5) is 0 Å². The predicted molar refractivity (Wildman–Crippen MR) is 44.9 cm³/mol. The number of aromatic amines is 1. The maximum Gasteiger partial charge on any atom is 0.352 e. The first kappa shape index (κ1) is 8.04. The molecule has 1 aromatic rings. The van der Waals surface area contributed by atoms with Crippen LogP contribution in [0.2, 0.25) is 0 Å². The summed E-state index contributed by atoms with van der Waals surface area (Å²) in [7, 11) is 0. The van der Waals surface area contributed by atoms with Crippen molar-refractivity contribution in [1.29, 1.82) is 0 Å². The van der Waals surface area contributed by atoms with E-state index in [4.69, 9.17) is 5.11 Å². The maximum absolute atomic E-state index is 11.2. The summed E-state index contributed by atoms with van der Waals surface area (Å²) in [5, 5.41) is 8.68. The Morgan fingerprint density at radius 3 is 2.92 bits per heavy atom. The van der Waals surface area contributed by atoms with Crippen molar-refractivity contribution in [2.75, 3.05) is 0 Å². The molecule has 1 aromatic heterocycles. The Hall–Kier alpha value is -1.58. The number of carbonyl (C=O) groups excluding carboxylic acids is 1. The van der Waals surface area contributed by atoms with Crippen LogP contribution in [0.3, 0.4) is 0 Å². The summed E-state index contributed by atoms with van der Waals surface area (Å²) in [6.45, 7) is 1.80. The summed E-state index contributed by atoms with van der Waals surface area (Å²) in [6, 6.07) is 1.55. The number of H-pyrrole nitrogens is 1. The van der Waals surface area contributed by atoms with E-state index in [9.17, 15) is 9.59 Å². The van der Waals surface area contributed by atoms with Crippen molar-refractivity contribution < 1.29 is 14.7 Å². The molecular formula is C9H9NO3. The van der Waals surface area contributed by atoms with E-state index < -0.39 is 5.97 Å². The fourth-order valence-corrected chi connectivity index (χ4v) is 1.66. The van der Waals surface area contributed by atoms with Gasteiger partial charge in [-0.3, -0.25) is 4.79 Å². The first-order chi connectivity index (χ1) is 6.09. The topological polar surface area (TPSA) is 70.2 Å². The second-order valence-corrected chi connectivity index (χ2v) is 3.29. The van der Waals surface area contributed by atoms with Crippen molar-refractivity contribution >= 4 is 11.8 Å². The van der Waals surface area contributed by atoms with E-state index in [1.807, 2.05) is 0 Å². The molecule has 0 fully saturated rings. The number of carbonyl (C=O) groups is 2. The van der Waals surface area contributed by atoms with Gasteiger partial charge < -0.3 is 10.1 Å². The average molecular weight is 179 g/mol. The van der Waals surface area contributed by atoms with Gasteiger partial charge in [-0.05, 0) is 11.6 Å². The Balaban J connectivity index is 2.45. The summed E-state index contributed by atoms with van der Waals surface area (Å²) >= 11 is 0. The lowest BCUT2D eigenvalue weighted by Gasteiger charge is -1.96. The first-order valence-corrected chi connectivity index (χ1v) is 4.07. The molecule has 1 aliphatic rings. The minimum absolute atomic E-state index is 0.151. The van der Waals surface area contributed by atoms with Crippen LogP contribution in [0.1, 0.15) is 34.6 Å². The van der Waals surface area contributed by atoms with Crippen LogP contribution in [-0.2, 0) is 11.2 Å². The smallest absolute Gasteiger partial charge is 0.352 e. The number of hydrogen-bond acceptors (Lipinski definition) is 2. The molecule has 0 saturated carbocycles. The number of nitrogens with one attached hydrogen (secondary N) is 1. The van der Waals surface area contributed by atoms with Crippen molar-refractivity contribution in [3.05, 3.63) is 23.0 Å². The molecule has 4 nitrogen and oxygen atoms in total.